The number of nitrogens with one attached hydrogen (secondary N) is 1. The number of pyridine rings is 1. The number of rotatable bonds is 4. The van der Waals surface area contributed by atoms with Crippen LogP contribution in [0.1, 0.15) is 13.3 Å². The predicted molar refractivity (Wildman–Crippen MR) is 63.4 cm³/mol. The number of anilines is 1. The van der Waals surface area contributed by atoms with E-state index in [-0.39, 0.29) is 0 Å². The molecule has 0 amide bonds. The standard InChI is InChI=1S/C11H16ClN3/c1-2-6-15-7-9(8-15)13-11-5-3-4-10(12)14-11/h3-5,9H,2,6-8H2,1H3,(H,13,14). The van der Waals surface area contributed by atoms with Crippen molar-refractivity contribution in [3.05, 3.63) is 23.4 Å². The number of likely N-dealkylation sites (tertiary alicyclic amines) is 1. The van der Waals surface area contributed by atoms with Crippen molar-refractivity contribution in [3.63, 3.8) is 0 Å². The lowest BCUT2D eigenvalue weighted by molar-refractivity contribution is 0.162. The molecule has 1 aromatic heterocycles. The van der Waals surface area contributed by atoms with Gasteiger partial charge in [-0.25, -0.2) is 4.98 Å². The zero-order chi connectivity index (χ0) is 10.7. The van der Waals surface area contributed by atoms with Crippen LogP contribution in [0.2, 0.25) is 5.15 Å². The van der Waals surface area contributed by atoms with E-state index in [2.05, 4.69) is 22.1 Å². The van der Waals surface area contributed by atoms with Gasteiger partial charge in [0.1, 0.15) is 11.0 Å². The lowest BCUT2D eigenvalue weighted by Gasteiger charge is -2.39. The molecule has 3 nitrogen and oxygen atoms in total. The fourth-order valence-electron chi connectivity index (χ4n) is 1.86. The first-order valence-electron chi connectivity index (χ1n) is 5.39. The molecule has 0 spiro atoms. The molecule has 15 heavy (non-hydrogen) atoms. The molecule has 1 aromatic rings. The SMILES string of the molecule is CCCN1CC(Nc2cccc(Cl)n2)C1. The van der Waals surface area contributed by atoms with Crippen LogP contribution in [0.4, 0.5) is 5.82 Å². The summed E-state index contributed by atoms with van der Waals surface area (Å²) in [7, 11) is 0. The van der Waals surface area contributed by atoms with Gasteiger partial charge < -0.3 is 5.32 Å². The highest BCUT2D eigenvalue weighted by Crippen LogP contribution is 2.15. The van der Waals surface area contributed by atoms with E-state index in [4.69, 9.17) is 11.6 Å². The number of nitrogens with zero attached hydrogens (tertiary/aromatic N) is 2. The second-order valence-corrected chi connectivity index (χ2v) is 4.33. The first-order valence-corrected chi connectivity index (χ1v) is 5.77. The molecule has 1 fully saturated rings. The largest absolute Gasteiger partial charge is 0.365 e. The third-order valence-corrected chi connectivity index (χ3v) is 2.77. The lowest BCUT2D eigenvalue weighted by atomic mass is 10.1. The molecule has 2 heterocycles. The second kappa shape index (κ2) is 4.81. The van der Waals surface area contributed by atoms with E-state index in [9.17, 15) is 0 Å². The highest BCUT2D eigenvalue weighted by atomic mass is 35.5. The third kappa shape index (κ3) is 2.83. The molecule has 0 radical (unpaired) electrons. The topological polar surface area (TPSA) is 28.2 Å². The van der Waals surface area contributed by atoms with Gasteiger partial charge in [0.2, 0.25) is 0 Å². The van der Waals surface area contributed by atoms with Crippen LogP contribution in [-0.2, 0) is 0 Å². The van der Waals surface area contributed by atoms with Gasteiger partial charge in [-0.05, 0) is 25.1 Å². The zero-order valence-electron chi connectivity index (χ0n) is 8.91. The molecule has 0 aliphatic carbocycles. The molecule has 82 valence electrons. The fraction of sp³-hybridized carbons (Fsp3) is 0.545. The van der Waals surface area contributed by atoms with Crippen LogP contribution in [0.5, 0.6) is 0 Å². The van der Waals surface area contributed by atoms with Gasteiger partial charge in [-0.2, -0.15) is 0 Å². The van der Waals surface area contributed by atoms with Crippen LogP contribution in [0.3, 0.4) is 0 Å². The van der Waals surface area contributed by atoms with Crippen molar-refractivity contribution in [1.29, 1.82) is 0 Å². The minimum Gasteiger partial charge on any atom is -0.365 e. The minimum atomic E-state index is 0.530. The smallest absolute Gasteiger partial charge is 0.131 e. The zero-order valence-corrected chi connectivity index (χ0v) is 9.67. The van der Waals surface area contributed by atoms with E-state index >= 15 is 0 Å². The van der Waals surface area contributed by atoms with Gasteiger partial charge >= 0.3 is 0 Å². The Labute approximate surface area is 95.4 Å². The van der Waals surface area contributed by atoms with Crippen molar-refractivity contribution < 1.29 is 0 Å². The first-order chi connectivity index (χ1) is 7.28. The second-order valence-electron chi connectivity index (χ2n) is 3.95. The number of aromatic nitrogens is 1. The molecule has 1 aliphatic heterocycles. The quantitative estimate of drug-likeness (QED) is 0.797. The van der Waals surface area contributed by atoms with E-state index in [1.807, 2.05) is 12.1 Å². The normalized spacial score (nSPS) is 17.5. The van der Waals surface area contributed by atoms with E-state index in [0.717, 1.165) is 18.9 Å². The lowest BCUT2D eigenvalue weighted by Crippen LogP contribution is -2.54. The molecule has 0 aromatic carbocycles. The summed E-state index contributed by atoms with van der Waals surface area (Å²) in [5.41, 5.74) is 0. The first kappa shape index (κ1) is 10.7. The van der Waals surface area contributed by atoms with Crippen molar-refractivity contribution in [2.75, 3.05) is 25.0 Å². The summed E-state index contributed by atoms with van der Waals surface area (Å²) in [5, 5.41) is 3.92. The molecule has 1 aliphatic rings. The summed E-state index contributed by atoms with van der Waals surface area (Å²) in [6.07, 6.45) is 1.22. The molecule has 0 unspecified atom stereocenters. The summed E-state index contributed by atoms with van der Waals surface area (Å²) in [6.45, 7) is 5.63. The van der Waals surface area contributed by atoms with Crippen LogP contribution in [0, 0.1) is 0 Å². The van der Waals surface area contributed by atoms with Crippen molar-refractivity contribution in [2.24, 2.45) is 0 Å². The molecule has 2 rings (SSSR count). The Balaban J connectivity index is 1.80. The van der Waals surface area contributed by atoms with E-state index in [1.165, 1.54) is 13.0 Å². The Kier molecular flexibility index (Phi) is 3.44. The predicted octanol–water partition coefficient (Wildman–Crippen LogP) is 2.24. The number of hydrogen-bond acceptors (Lipinski definition) is 3. The average Bonchev–Trinajstić information content (AvgIpc) is 2.15. The van der Waals surface area contributed by atoms with E-state index < -0.39 is 0 Å². The monoisotopic (exact) mass is 225 g/mol. The maximum atomic E-state index is 5.81. The van der Waals surface area contributed by atoms with Crippen LogP contribution in [0.25, 0.3) is 0 Å². The molecule has 0 atom stereocenters. The van der Waals surface area contributed by atoms with Crippen LogP contribution >= 0.6 is 11.6 Å². The Morgan fingerprint density at radius 2 is 2.33 bits per heavy atom. The minimum absolute atomic E-state index is 0.530. The van der Waals surface area contributed by atoms with Gasteiger partial charge in [0.15, 0.2) is 0 Å². The highest BCUT2D eigenvalue weighted by molar-refractivity contribution is 6.29. The van der Waals surface area contributed by atoms with Crippen LogP contribution in [0.15, 0.2) is 18.2 Å². The maximum Gasteiger partial charge on any atom is 0.131 e. The summed E-state index contributed by atoms with van der Waals surface area (Å²) in [4.78, 5) is 6.63. The Morgan fingerprint density at radius 1 is 1.53 bits per heavy atom. The molecule has 0 bridgehead atoms. The van der Waals surface area contributed by atoms with Crippen LogP contribution < -0.4 is 5.32 Å². The van der Waals surface area contributed by atoms with Crippen molar-refractivity contribution in [3.8, 4) is 0 Å². The third-order valence-electron chi connectivity index (χ3n) is 2.56. The van der Waals surface area contributed by atoms with Crippen molar-refractivity contribution in [2.45, 2.75) is 19.4 Å². The fourth-order valence-corrected chi connectivity index (χ4v) is 2.02. The molecule has 4 heteroatoms. The van der Waals surface area contributed by atoms with Crippen molar-refractivity contribution in [1.82, 2.24) is 9.88 Å². The number of halogens is 1. The van der Waals surface area contributed by atoms with Gasteiger partial charge in [0.25, 0.3) is 0 Å². The van der Waals surface area contributed by atoms with Gasteiger partial charge in [-0.3, -0.25) is 4.90 Å². The molecule has 0 saturated carbocycles. The summed E-state index contributed by atoms with van der Waals surface area (Å²) in [6, 6.07) is 6.19. The highest BCUT2D eigenvalue weighted by Gasteiger charge is 2.25. The van der Waals surface area contributed by atoms with E-state index in [1.54, 1.807) is 6.07 Å². The summed E-state index contributed by atoms with van der Waals surface area (Å²) in [5.74, 6) is 0.878. The molecular formula is C11H16ClN3. The molecule has 1 saturated heterocycles. The van der Waals surface area contributed by atoms with Gasteiger partial charge in [-0.1, -0.05) is 24.6 Å². The van der Waals surface area contributed by atoms with Crippen LogP contribution in [-0.4, -0.2) is 35.6 Å². The summed E-state index contributed by atoms with van der Waals surface area (Å²) >= 11 is 5.81. The number of hydrogen-bond donors (Lipinski definition) is 1. The Hall–Kier alpha value is -0.800. The Morgan fingerprint density at radius 3 is 3.00 bits per heavy atom. The summed E-state index contributed by atoms with van der Waals surface area (Å²) < 4.78 is 0. The van der Waals surface area contributed by atoms with E-state index in [0.29, 0.717) is 11.2 Å². The van der Waals surface area contributed by atoms with Gasteiger partial charge in [-0.15, -0.1) is 0 Å². The molecular weight excluding hydrogens is 210 g/mol. The van der Waals surface area contributed by atoms with Gasteiger partial charge in [0, 0.05) is 13.1 Å². The van der Waals surface area contributed by atoms with Gasteiger partial charge in [0.05, 0.1) is 6.04 Å². The molecule has 1 N–H and O–H groups in total. The van der Waals surface area contributed by atoms with Crippen molar-refractivity contribution >= 4 is 17.4 Å². The Bertz CT molecular complexity index is 323. The average molecular weight is 226 g/mol. The maximum absolute atomic E-state index is 5.81.